The summed E-state index contributed by atoms with van der Waals surface area (Å²) in [5.74, 6) is 0. The molecule has 0 amide bonds. The zero-order valence-electron chi connectivity index (χ0n) is 14.2. The van der Waals surface area contributed by atoms with E-state index in [2.05, 4.69) is 37.5 Å². The zero-order valence-corrected chi connectivity index (χ0v) is 14.2. The van der Waals surface area contributed by atoms with Crippen LogP contribution in [0.2, 0.25) is 0 Å². The van der Waals surface area contributed by atoms with Crippen LogP contribution in [0, 0.1) is 0 Å². The van der Waals surface area contributed by atoms with Gasteiger partial charge in [0.2, 0.25) is 0 Å². The highest BCUT2D eigenvalue weighted by molar-refractivity contribution is 4.58. The minimum absolute atomic E-state index is 0.924. The number of rotatable bonds is 3. The molecule has 20 heavy (non-hydrogen) atoms. The van der Waals surface area contributed by atoms with Crippen molar-refractivity contribution in [2.24, 2.45) is 0 Å². The van der Waals surface area contributed by atoms with Gasteiger partial charge >= 0.3 is 0 Å². The Kier molecular flexibility index (Phi) is 15.1. The van der Waals surface area contributed by atoms with Crippen LogP contribution in [0.3, 0.4) is 0 Å². The molecule has 0 aromatic rings. The van der Waals surface area contributed by atoms with Crippen LogP contribution in [0.1, 0.15) is 40.5 Å². The van der Waals surface area contributed by atoms with Crippen LogP contribution in [-0.2, 0) is 9.47 Å². The minimum atomic E-state index is 0.924. The van der Waals surface area contributed by atoms with Gasteiger partial charge in [0, 0.05) is 26.2 Å². The Balaban J connectivity index is 0.000000289. The fraction of sp³-hybridized carbons (Fsp3) is 1.00. The summed E-state index contributed by atoms with van der Waals surface area (Å²) in [6, 6.07) is 0. The summed E-state index contributed by atoms with van der Waals surface area (Å²) in [6.07, 6.45) is 2.64. The highest BCUT2D eigenvalue weighted by Gasteiger charge is 2.06. The number of nitrogens with zero attached hydrogens (tertiary/aromatic N) is 2. The fourth-order valence-electron chi connectivity index (χ4n) is 1.83. The van der Waals surface area contributed by atoms with Crippen molar-refractivity contribution in [1.82, 2.24) is 9.80 Å². The van der Waals surface area contributed by atoms with Crippen LogP contribution < -0.4 is 0 Å². The average molecular weight is 288 g/mol. The molecule has 2 heterocycles. The van der Waals surface area contributed by atoms with Gasteiger partial charge in [0.25, 0.3) is 0 Å². The van der Waals surface area contributed by atoms with E-state index in [1.807, 2.05) is 0 Å². The Morgan fingerprint density at radius 1 is 0.600 bits per heavy atom. The quantitative estimate of drug-likeness (QED) is 0.796. The predicted octanol–water partition coefficient (Wildman–Crippen LogP) is 2.48. The van der Waals surface area contributed by atoms with Crippen molar-refractivity contribution in [3.8, 4) is 0 Å². The molecular formula is C16H36N2O2. The number of unbranched alkanes of at least 4 members (excludes halogenated alkanes) is 1. The Morgan fingerprint density at radius 3 is 1.05 bits per heavy atom. The molecule has 4 nitrogen and oxygen atoms in total. The Bertz CT molecular complexity index is 159. The van der Waals surface area contributed by atoms with E-state index in [0.29, 0.717) is 0 Å². The van der Waals surface area contributed by atoms with Crippen molar-refractivity contribution in [2.75, 3.05) is 65.7 Å². The normalized spacial score (nSPS) is 20.4. The largest absolute Gasteiger partial charge is 0.379 e. The first-order valence-corrected chi connectivity index (χ1v) is 8.38. The van der Waals surface area contributed by atoms with E-state index in [9.17, 15) is 0 Å². The van der Waals surface area contributed by atoms with Crippen molar-refractivity contribution >= 4 is 0 Å². The number of hydrogen-bond donors (Lipinski definition) is 0. The van der Waals surface area contributed by atoms with Gasteiger partial charge < -0.3 is 9.47 Å². The summed E-state index contributed by atoms with van der Waals surface area (Å²) in [7, 11) is 0. The van der Waals surface area contributed by atoms with Crippen LogP contribution in [0.25, 0.3) is 0 Å². The lowest BCUT2D eigenvalue weighted by Gasteiger charge is -2.24. The first kappa shape index (κ1) is 19.8. The average Bonchev–Trinajstić information content (AvgIpc) is 2.57. The molecule has 4 heteroatoms. The third-order valence-electron chi connectivity index (χ3n) is 3.60. The third kappa shape index (κ3) is 11.6. The van der Waals surface area contributed by atoms with Crippen LogP contribution in [0.5, 0.6) is 0 Å². The second-order valence-electron chi connectivity index (χ2n) is 5.09. The molecule has 0 unspecified atom stereocenters. The summed E-state index contributed by atoms with van der Waals surface area (Å²) in [5.41, 5.74) is 0. The second kappa shape index (κ2) is 15.2. The Labute approximate surface area is 126 Å². The minimum Gasteiger partial charge on any atom is -0.379 e. The molecule has 0 aromatic carbocycles. The molecule has 122 valence electrons. The van der Waals surface area contributed by atoms with E-state index in [4.69, 9.17) is 9.47 Å². The van der Waals surface area contributed by atoms with E-state index in [1.54, 1.807) is 0 Å². The van der Waals surface area contributed by atoms with Crippen molar-refractivity contribution < 1.29 is 9.47 Å². The number of morpholine rings is 2. The van der Waals surface area contributed by atoms with Gasteiger partial charge in [-0.15, -0.1) is 0 Å². The lowest BCUT2D eigenvalue weighted by molar-refractivity contribution is 0.0404. The molecule has 2 saturated heterocycles. The Hall–Kier alpha value is -0.160. The van der Waals surface area contributed by atoms with Crippen LogP contribution in [0.4, 0.5) is 0 Å². The predicted molar refractivity (Wildman–Crippen MR) is 86.4 cm³/mol. The molecule has 2 aliphatic heterocycles. The zero-order chi connectivity index (χ0) is 15.1. The summed E-state index contributed by atoms with van der Waals surface area (Å²) in [6.45, 7) is 19.3. The molecule has 0 aliphatic carbocycles. The summed E-state index contributed by atoms with van der Waals surface area (Å²) in [5, 5.41) is 0. The van der Waals surface area contributed by atoms with Crippen LogP contribution >= 0.6 is 0 Å². The van der Waals surface area contributed by atoms with Gasteiger partial charge in [0.1, 0.15) is 0 Å². The van der Waals surface area contributed by atoms with Crippen molar-refractivity contribution in [1.29, 1.82) is 0 Å². The van der Waals surface area contributed by atoms with Crippen molar-refractivity contribution in [3.05, 3.63) is 0 Å². The van der Waals surface area contributed by atoms with Crippen LogP contribution in [-0.4, -0.2) is 75.5 Å². The van der Waals surface area contributed by atoms with Gasteiger partial charge in [-0.1, -0.05) is 40.5 Å². The maximum atomic E-state index is 5.16. The van der Waals surface area contributed by atoms with Gasteiger partial charge in [-0.2, -0.15) is 0 Å². The van der Waals surface area contributed by atoms with Gasteiger partial charge in [-0.3, -0.25) is 9.80 Å². The van der Waals surface area contributed by atoms with E-state index in [-0.39, 0.29) is 0 Å². The standard InChI is InChI=1S/2C6H13NO.C4H10/c2*1-2-7-3-5-8-6-4-7;1-3-4-2/h2*2-6H2,1H3;3-4H2,1-2H3. The third-order valence-corrected chi connectivity index (χ3v) is 3.60. The van der Waals surface area contributed by atoms with Crippen LogP contribution in [0.15, 0.2) is 0 Å². The van der Waals surface area contributed by atoms with Crippen molar-refractivity contribution in [2.45, 2.75) is 40.5 Å². The molecule has 0 bridgehead atoms. The number of likely N-dealkylation sites (N-methyl/N-ethyl adjacent to an activating group) is 2. The maximum absolute atomic E-state index is 5.16. The first-order chi connectivity index (χ1) is 9.78. The highest BCUT2D eigenvalue weighted by Crippen LogP contribution is 1.94. The smallest absolute Gasteiger partial charge is 0.0594 e. The fourth-order valence-corrected chi connectivity index (χ4v) is 1.83. The second-order valence-corrected chi connectivity index (χ2v) is 5.09. The molecule has 0 saturated carbocycles. The van der Waals surface area contributed by atoms with E-state index in [1.165, 1.54) is 25.9 Å². The Morgan fingerprint density at radius 2 is 0.900 bits per heavy atom. The topological polar surface area (TPSA) is 24.9 Å². The molecular weight excluding hydrogens is 252 g/mol. The van der Waals surface area contributed by atoms with Gasteiger partial charge in [-0.25, -0.2) is 0 Å². The number of ether oxygens (including phenoxy) is 2. The maximum Gasteiger partial charge on any atom is 0.0594 e. The lowest BCUT2D eigenvalue weighted by Crippen LogP contribution is -2.35. The molecule has 2 fully saturated rings. The van der Waals surface area contributed by atoms with E-state index >= 15 is 0 Å². The number of hydrogen-bond acceptors (Lipinski definition) is 4. The summed E-state index contributed by atoms with van der Waals surface area (Å²) in [4.78, 5) is 4.78. The lowest BCUT2D eigenvalue weighted by atomic mass is 10.4. The highest BCUT2D eigenvalue weighted by atomic mass is 16.5. The molecule has 0 atom stereocenters. The molecule has 2 aliphatic rings. The molecule has 0 radical (unpaired) electrons. The first-order valence-electron chi connectivity index (χ1n) is 8.38. The van der Waals surface area contributed by atoms with Crippen molar-refractivity contribution in [3.63, 3.8) is 0 Å². The summed E-state index contributed by atoms with van der Waals surface area (Å²) < 4.78 is 10.3. The molecule has 0 N–H and O–H groups in total. The molecule has 0 spiro atoms. The van der Waals surface area contributed by atoms with Gasteiger partial charge in [0.15, 0.2) is 0 Å². The monoisotopic (exact) mass is 288 g/mol. The molecule has 2 rings (SSSR count). The molecule has 0 aromatic heterocycles. The SMILES string of the molecule is CCCC.CCN1CCOCC1.CCN1CCOCC1. The summed E-state index contributed by atoms with van der Waals surface area (Å²) >= 11 is 0. The van der Waals surface area contributed by atoms with E-state index in [0.717, 1.165) is 52.6 Å². The van der Waals surface area contributed by atoms with Gasteiger partial charge in [0.05, 0.1) is 26.4 Å². The van der Waals surface area contributed by atoms with E-state index < -0.39 is 0 Å². The van der Waals surface area contributed by atoms with Gasteiger partial charge in [-0.05, 0) is 13.1 Å².